The van der Waals surface area contributed by atoms with Gasteiger partial charge in [-0.05, 0) is 89.0 Å². The lowest BCUT2D eigenvalue weighted by Gasteiger charge is -2.27. The number of carbonyl (C=O) groups is 1. The fourth-order valence-electron chi connectivity index (χ4n) is 4.57. The minimum absolute atomic E-state index is 0.0107. The van der Waals surface area contributed by atoms with E-state index in [-0.39, 0.29) is 30.2 Å². The summed E-state index contributed by atoms with van der Waals surface area (Å²) in [6.45, 7) is 14.8. The summed E-state index contributed by atoms with van der Waals surface area (Å²) in [5.74, 6) is 0.508. The molecule has 0 saturated carbocycles. The lowest BCUT2D eigenvalue weighted by atomic mass is 9.88. The minimum atomic E-state index is -0.583. The molecule has 0 N–H and O–H groups in total. The molecular formula is C26H38O5. The van der Waals surface area contributed by atoms with E-state index >= 15 is 0 Å². The third-order valence-corrected chi connectivity index (χ3v) is 6.47. The number of hydrogen-bond donors (Lipinski definition) is 0. The SMILES string of the molecule is CCOc1cc(C)c2c(c1)/C=C/C[C@@H]1OC(C)(C)O[C@@H]1C(C)CC[C@@H](C)[C@H](C)OC2=O. The van der Waals surface area contributed by atoms with Gasteiger partial charge >= 0.3 is 5.97 Å². The Labute approximate surface area is 187 Å². The third kappa shape index (κ3) is 5.69. The van der Waals surface area contributed by atoms with Crippen LogP contribution in [0, 0.1) is 18.8 Å². The molecule has 1 saturated heterocycles. The molecule has 5 nitrogen and oxygen atoms in total. The van der Waals surface area contributed by atoms with Crippen molar-refractivity contribution in [1.82, 2.24) is 0 Å². The van der Waals surface area contributed by atoms with Crippen molar-refractivity contribution < 1.29 is 23.7 Å². The molecule has 5 heteroatoms. The molecule has 0 radical (unpaired) electrons. The Morgan fingerprint density at radius 1 is 1.10 bits per heavy atom. The Hall–Kier alpha value is -1.85. The Morgan fingerprint density at radius 3 is 2.52 bits per heavy atom. The number of cyclic esters (lactones) is 1. The molecule has 2 aliphatic rings. The molecule has 2 aliphatic heterocycles. The smallest absolute Gasteiger partial charge is 0.339 e. The minimum Gasteiger partial charge on any atom is -0.494 e. The summed E-state index contributed by atoms with van der Waals surface area (Å²) in [7, 11) is 0. The molecule has 1 fully saturated rings. The van der Waals surface area contributed by atoms with Crippen molar-refractivity contribution in [2.45, 2.75) is 91.8 Å². The predicted octanol–water partition coefficient (Wildman–Crippen LogP) is 5.93. The number of fused-ring (bicyclic) bond motifs is 2. The van der Waals surface area contributed by atoms with Gasteiger partial charge in [0, 0.05) is 0 Å². The van der Waals surface area contributed by atoms with Crippen LogP contribution in [0.1, 0.15) is 82.3 Å². The average molecular weight is 431 g/mol. The number of hydrogen-bond acceptors (Lipinski definition) is 5. The van der Waals surface area contributed by atoms with Gasteiger partial charge in [0.1, 0.15) is 11.9 Å². The standard InChI is InChI=1S/C26H38O5/c1-8-28-21-14-18(4)23-20(15-21)10-9-11-22-24(31-26(6,7)30-22)17(3)13-12-16(2)19(5)29-25(23)27/h9-10,14-17,19,22,24H,8,11-13H2,1-7H3/b10-9+/t16-,17?,19+,22+,24-/m1/s1. The lowest BCUT2D eigenvalue weighted by molar-refractivity contribution is -0.150. The summed E-state index contributed by atoms with van der Waals surface area (Å²) in [5, 5.41) is 0. The number of rotatable bonds is 2. The van der Waals surface area contributed by atoms with Gasteiger partial charge in [0.15, 0.2) is 5.79 Å². The number of carbonyl (C=O) groups excluding carboxylic acids is 1. The highest BCUT2D eigenvalue weighted by molar-refractivity contribution is 5.95. The third-order valence-electron chi connectivity index (χ3n) is 6.47. The molecule has 1 aromatic rings. The molecule has 31 heavy (non-hydrogen) atoms. The highest BCUT2D eigenvalue weighted by Gasteiger charge is 2.43. The Morgan fingerprint density at radius 2 is 1.81 bits per heavy atom. The summed E-state index contributed by atoms with van der Waals surface area (Å²) < 4.78 is 24.1. The number of ether oxygens (including phenoxy) is 4. The van der Waals surface area contributed by atoms with Crippen LogP contribution in [0.25, 0.3) is 6.08 Å². The van der Waals surface area contributed by atoms with Gasteiger partial charge in [0.05, 0.1) is 24.4 Å². The Kier molecular flexibility index (Phi) is 7.48. The molecule has 5 atom stereocenters. The Balaban J connectivity index is 1.99. The van der Waals surface area contributed by atoms with E-state index in [1.807, 2.05) is 52.8 Å². The van der Waals surface area contributed by atoms with Crippen molar-refractivity contribution in [2.24, 2.45) is 11.8 Å². The molecule has 2 heterocycles. The van der Waals surface area contributed by atoms with Crippen molar-refractivity contribution in [1.29, 1.82) is 0 Å². The van der Waals surface area contributed by atoms with E-state index in [0.717, 1.165) is 36.1 Å². The molecule has 1 aromatic carbocycles. The van der Waals surface area contributed by atoms with E-state index in [1.165, 1.54) is 0 Å². The molecule has 1 unspecified atom stereocenters. The van der Waals surface area contributed by atoms with Crippen molar-refractivity contribution in [2.75, 3.05) is 6.61 Å². The topological polar surface area (TPSA) is 54.0 Å². The van der Waals surface area contributed by atoms with Gasteiger partial charge in [-0.3, -0.25) is 0 Å². The van der Waals surface area contributed by atoms with Crippen LogP contribution in [0.3, 0.4) is 0 Å². The van der Waals surface area contributed by atoms with Crippen LogP contribution < -0.4 is 4.74 Å². The highest BCUT2D eigenvalue weighted by Crippen LogP contribution is 2.37. The van der Waals surface area contributed by atoms with Crippen LogP contribution in [0.4, 0.5) is 0 Å². The zero-order valence-corrected chi connectivity index (χ0v) is 20.1. The monoisotopic (exact) mass is 430 g/mol. The van der Waals surface area contributed by atoms with Gasteiger partial charge < -0.3 is 18.9 Å². The first-order valence-electron chi connectivity index (χ1n) is 11.6. The first-order chi connectivity index (χ1) is 14.6. The van der Waals surface area contributed by atoms with E-state index in [4.69, 9.17) is 18.9 Å². The molecule has 0 aliphatic carbocycles. The largest absolute Gasteiger partial charge is 0.494 e. The van der Waals surface area contributed by atoms with E-state index in [9.17, 15) is 4.79 Å². The predicted molar refractivity (Wildman–Crippen MR) is 122 cm³/mol. The average Bonchev–Trinajstić information content (AvgIpc) is 2.99. The molecule has 0 spiro atoms. The second-order valence-electron chi connectivity index (χ2n) is 9.56. The maximum atomic E-state index is 13.1. The fourth-order valence-corrected chi connectivity index (χ4v) is 4.57. The van der Waals surface area contributed by atoms with Gasteiger partial charge in [-0.2, -0.15) is 0 Å². The molecule has 172 valence electrons. The number of benzene rings is 1. The summed E-state index contributed by atoms with van der Waals surface area (Å²) in [4.78, 5) is 13.1. The normalized spacial score (nSPS) is 32.4. The van der Waals surface area contributed by atoms with E-state index in [2.05, 4.69) is 19.9 Å². The molecule has 0 aromatic heterocycles. The second-order valence-corrected chi connectivity index (χ2v) is 9.56. The van der Waals surface area contributed by atoms with Crippen LogP contribution in [0.2, 0.25) is 0 Å². The maximum Gasteiger partial charge on any atom is 0.339 e. The summed E-state index contributed by atoms with van der Waals surface area (Å²) in [6, 6.07) is 3.82. The van der Waals surface area contributed by atoms with Crippen molar-refractivity contribution in [3.63, 3.8) is 0 Å². The summed E-state index contributed by atoms with van der Waals surface area (Å²) >= 11 is 0. The van der Waals surface area contributed by atoms with Gasteiger partial charge in [0.25, 0.3) is 0 Å². The van der Waals surface area contributed by atoms with E-state index in [0.29, 0.717) is 18.1 Å². The lowest BCUT2D eigenvalue weighted by Crippen LogP contribution is -2.31. The zero-order valence-electron chi connectivity index (χ0n) is 20.1. The highest BCUT2D eigenvalue weighted by atomic mass is 16.8. The van der Waals surface area contributed by atoms with Gasteiger partial charge in [0.2, 0.25) is 0 Å². The summed E-state index contributed by atoms with van der Waals surface area (Å²) in [6.07, 6.45) is 6.62. The maximum absolute atomic E-state index is 13.1. The van der Waals surface area contributed by atoms with Crippen molar-refractivity contribution in [3.05, 3.63) is 34.9 Å². The number of aryl methyl sites for hydroxylation is 1. The second kappa shape index (κ2) is 9.74. The van der Waals surface area contributed by atoms with Gasteiger partial charge in [-0.15, -0.1) is 0 Å². The van der Waals surface area contributed by atoms with Crippen molar-refractivity contribution in [3.8, 4) is 5.75 Å². The van der Waals surface area contributed by atoms with Crippen LogP contribution in [-0.4, -0.2) is 36.7 Å². The van der Waals surface area contributed by atoms with Crippen LogP contribution in [-0.2, 0) is 14.2 Å². The van der Waals surface area contributed by atoms with Crippen LogP contribution in [0.15, 0.2) is 18.2 Å². The first kappa shape index (κ1) is 23.8. The van der Waals surface area contributed by atoms with Gasteiger partial charge in [-0.1, -0.05) is 26.0 Å². The van der Waals surface area contributed by atoms with Crippen LogP contribution >= 0.6 is 0 Å². The van der Waals surface area contributed by atoms with E-state index in [1.54, 1.807) is 0 Å². The summed E-state index contributed by atoms with van der Waals surface area (Å²) in [5.41, 5.74) is 2.27. The molecule has 0 bridgehead atoms. The zero-order chi connectivity index (χ0) is 22.8. The first-order valence-corrected chi connectivity index (χ1v) is 11.6. The molecule has 3 rings (SSSR count). The fraction of sp³-hybridized carbons (Fsp3) is 0.654. The van der Waals surface area contributed by atoms with Crippen LogP contribution in [0.5, 0.6) is 5.75 Å². The van der Waals surface area contributed by atoms with E-state index < -0.39 is 5.79 Å². The number of esters is 1. The Bertz CT molecular complexity index is 812. The molecular weight excluding hydrogens is 392 g/mol. The molecule has 0 amide bonds. The van der Waals surface area contributed by atoms with Crippen molar-refractivity contribution >= 4 is 12.0 Å². The van der Waals surface area contributed by atoms with Gasteiger partial charge in [-0.25, -0.2) is 4.79 Å². The quantitative estimate of drug-likeness (QED) is 0.545.